The zero-order valence-corrected chi connectivity index (χ0v) is 12.2. The van der Waals surface area contributed by atoms with Crippen molar-refractivity contribution in [3.05, 3.63) is 60.7 Å². The Bertz CT molecular complexity index is 594. The van der Waals surface area contributed by atoms with E-state index in [1.165, 1.54) is 0 Å². The Balaban J connectivity index is 1.82. The molecule has 8 heteroatoms. The first-order valence-electron chi connectivity index (χ1n) is 6.67. The SMILES string of the molecule is NN(OC(=O)CC(=O)ON(N)c1ccccc1)c1ccccc1. The van der Waals surface area contributed by atoms with E-state index in [2.05, 4.69) is 0 Å². The van der Waals surface area contributed by atoms with Crippen molar-refractivity contribution in [2.24, 2.45) is 11.7 Å². The number of hydrazine groups is 2. The average Bonchev–Trinajstić information content (AvgIpc) is 2.56. The fourth-order valence-electron chi connectivity index (χ4n) is 1.66. The number of hydrogen-bond acceptors (Lipinski definition) is 8. The Morgan fingerprint density at radius 2 is 1.09 bits per heavy atom. The van der Waals surface area contributed by atoms with Crippen LogP contribution in [0.15, 0.2) is 60.7 Å². The van der Waals surface area contributed by atoms with Gasteiger partial charge in [0.05, 0.1) is 11.4 Å². The van der Waals surface area contributed by atoms with Gasteiger partial charge in [-0.3, -0.25) is 0 Å². The van der Waals surface area contributed by atoms with Gasteiger partial charge in [0.15, 0.2) is 0 Å². The second-order valence-corrected chi connectivity index (χ2v) is 4.43. The zero-order chi connectivity index (χ0) is 16.7. The largest absolute Gasteiger partial charge is 0.345 e. The summed E-state index contributed by atoms with van der Waals surface area (Å²) in [5.74, 6) is 9.39. The molecule has 2 aromatic carbocycles. The summed E-state index contributed by atoms with van der Waals surface area (Å²) in [6.45, 7) is 0. The number of benzene rings is 2. The first kappa shape index (κ1) is 16.3. The maximum atomic E-state index is 11.7. The van der Waals surface area contributed by atoms with E-state index in [-0.39, 0.29) is 0 Å². The lowest BCUT2D eigenvalue weighted by atomic mass is 10.3. The van der Waals surface area contributed by atoms with Crippen LogP contribution < -0.4 is 22.0 Å². The lowest BCUT2D eigenvalue weighted by Crippen LogP contribution is -2.37. The highest BCUT2D eigenvalue weighted by molar-refractivity contribution is 5.91. The fraction of sp³-hybridized carbons (Fsp3) is 0.0667. The minimum atomic E-state index is -0.872. The first-order valence-corrected chi connectivity index (χ1v) is 6.67. The third kappa shape index (κ3) is 4.99. The van der Waals surface area contributed by atoms with E-state index in [4.69, 9.17) is 21.4 Å². The molecule has 0 saturated heterocycles. The van der Waals surface area contributed by atoms with Gasteiger partial charge in [0.1, 0.15) is 6.42 Å². The zero-order valence-electron chi connectivity index (χ0n) is 12.2. The molecule has 8 nitrogen and oxygen atoms in total. The summed E-state index contributed by atoms with van der Waals surface area (Å²) < 4.78 is 0. The molecular formula is C15H16N4O4. The molecule has 4 N–H and O–H groups in total. The summed E-state index contributed by atoms with van der Waals surface area (Å²) in [6, 6.07) is 17.0. The van der Waals surface area contributed by atoms with Crippen molar-refractivity contribution in [1.82, 2.24) is 0 Å². The van der Waals surface area contributed by atoms with Gasteiger partial charge in [-0.1, -0.05) is 36.4 Å². The standard InChI is InChI=1S/C15H16N4O4/c16-18(12-7-3-1-4-8-12)22-14(20)11-15(21)23-19(17)13-9-5-2-6-10-13/h1-10H,11,16-17H2. The number of nitrogens with two attached hydrogens (primary N) is 2. The van der Waals surface area contributed by atoms with Crippen molar-refractivity contribution in [1.29, 1.82) is 0 Å². The smallest absolute Gasteiger partial charge is 0.325 e. The van der Waals surface area contributed by atoms with Gasteiger partial charge < -0.3 is 9.68 Å². The van der Waals surface area contributed by atoms with E-state index in [0.717, 1.165) is 10.3 Å². The molecule has 0 heterocycles. The maximum Gasteiger partial charge on any atom is 0.345 e. The maximum absolute atomic E-state index is 11.7. The molecule has 0 spiro atoms. The molecular weight excluding hydrogens is 300 g/mol. The molecule has 0 aliphatic heterocycles. The lowest BCUT2D eigenvalue weighted by Gasteiger charge is -2.18. The van der Waals surface area contributed by atoms with Crippen molar-refractivity contribution in [3.63, 3.8) is 0 Å². The highest BCUT2D eigenvalue weighted by Crippen LogP contribution is 2.12. The second kappa shape index (κ2) is 7.78. The molecule has 120 valence electrons. The molecule has 0 atom stereocenters. The predicted molar refractivity (Wildman–Crippen MR) is 83.0 cm³/mol. The molecule has 0 aliphatic rings. The highest BCUT2D eigenvalue weighted by atomic mass is 16.7. The third-order valence-electron chi connectivity index (χ3n) is 2.71. The van der Waals surface area contributed by atoms with Gasteiger partial charge >= 0.3 is 11.9 Å². The van der Waals surface area contributed by atoms with E-state index in [9.17, 15) is 9.59 Å². The van der Waals surface area contributed by atoms with Crippen molar-refractivity contribution in [3.8, 4) is 0 Å². The molecule has 0 saturated carbocycles. The molecule has 0 fully saturated rings. The summed E-state index contributed by atoms with van der Waals surface area (Å²) in [4.78, 5) is 32.9. The Morgan fingerprint density at radius 3 is 1.43 bits per heavy atom. The first-order chi connectivity index (χ1) is 11.1. The average molecular weight is 316 g/mol. The van der Waals surface area contributed by atoms with E-state index in [1.807, 2.05) is 0 Å². The number of carbonyl (C=O) groups excluding carboxylic acids is 2. The molecule has 0 unspecified atom stereocenters. The van der Waals surface area contributed by atoms with Crippen LogP contribution in [-0.2, 0) is 19.3 Å². The van der Waals surface area contributed by atoms with Crippen LogP contribution in [0.2, 0.25) is 0 Å². The van der Waals surface area contributed by atoms with Crippen LogP contribution in [0.3, 0.4) is 0 Å². The van der Waals surface area contributed by atoms with Crippen molar-refractivity contribution in [2.45, 2.75) is 6.42 Å². The predicted octanol–water partition coefficient (Wildman–Crippen LogP) is 1.05. The van der Waals surface area contributed by atoms with Gasteiger partial charge in [0, 0.05) is 0 Å². The highest BCUT2D eigenvalue weighted by Gasteiger charge is 2.18. The summed E-state index contributed by atoms with van der Waals surface area (Å²) in [7, 11) is 0. The molecule has 0 aliphatic carbocycles. The van der Waals surface area contributed by atoms with E-state index in [1.54, 1.807) is 60.7 Å². The summed E-state index contributed by atoms with van der Waals surface area (Å²) in [5.41, 5.74) is 0.915. The fourth-order valence-corrected chi connectivity index (χ4v) is 1.66. The Kier molecular flexibility index (Phi) is 5.50. The van der Waals surface area contributed by atoms with E-state index < -0.39 is 18.4 Å². The molecule has 23 heavy (non-hydrogen) atoms. The molecule has 2 aromatic rings. The Hall–Kier alpha value is -3.10. The third-order valence-corrected chi connectivity index (χ3v) is 2.71. The van der Waals surface area contributed by atoms with Gasteiger partial charge in [0.2, 0.25) is 0 Å². The van der Waals surface area contributed by atoms with Gasteiger partial charge in [-0.25, -0.2) is 21.3 Å². The van der Waals surface area contributed by atoms with Crippen LogP contribution in [-0.4, -0.2) is 11.9 Å². The van der Waals surface area contributed by atoms with Crippen molar-refractivity contribution in [2.75, 3.05) is 10.3 Å². The van der Waals surface area contributed by atoms with Crippen molar-refractivity contribution >= 4 is 23.3 Å². The van der Waals surface area contributed by atoms with Gasteiger partial charge in [-0.15, -0.1) is 10.3 Å². The second-order valence-electron chi connectivity index (χ2n) is 4.43. The normalized spacial score (nSPS) is 9.83. The number of carbonyl (C=O) groups is 2. The topological polar surface area (TPSA) is 111 Å². The van der Waals surface area contributed by atoms with Crippen LogP contribution in [0.4, 0.5) is 11.4 Å². The van der Waals surface area contributed by atoms with Crippen LogP contribution in [0.5, 0.6) is 0 Å². The molecule has 0 amide bonds. The summed E-state index contributed by atoms with van der Waals surface area (Å²) in [6.07, 6.45) is -0.638. The van der Waals surface area contributed by atoms with Crippen LogP contribution in [0.1, 0.15) is 6.42 Å². The number of para-hydroxylation sites is 2. The monoisotopic (exact) mass is 316 g/mol. The number of nitrogens with zero attached hydrogens (tertiary/aromatic N) is 2. The minimum Gasteiger partial charge on any atom is -0.325 e. The minimum absolute atomic E-state index is 0.457. The number of rotatable bonds is 6. The van der Waals surface area contributed by atoms with E-state index >= 15 is 0 Å². The van der Waals surface area contributed by atoms with E-state index in [0.29, 0.717) is 11.4 Å². The molecule has 0 aromatic heterocycles. The summed E-state index contributed by atoms with van der Waals surface area (Å²) in [5, 5.41) is 1.54. The Morgan fingerprint density at radius 1 is 0.739 bits per heavy atom. The summed E-state index contributed by atoms with van der Waals surface area (Å²) >= 11 is 0. The van der Waals surface area contributed by atoms with Gasteiger partial charge in [0.25, 0.3) is 0 Å². The quantitative estimate of drug-likeness (QED) is 0.462. The van der Waals surface area contributed by atoms with Crippen molar-refractivity contribution < 1.29 is 19.3 Å². The van der Waals surface area contributed by atoms with Crippen LogP contribution in [0, 0.1) is 0 Å². The Labute approximate surface area is 132 Å². The lowest BCUT2D eigenvalue weighted by molar-refractivity contribution is -0.156. The van der Waals surface area contributed by atoms with Crippen LogP contribution >= 0.6 is 0 Å². The van der Waals surface area contributed by atoms with Crippen LogP contribution in [0.25, 0.3) is 0 Å². The van der Waals surface area contributed by atoms with Gasteiger partial charge in [-0.05, 0) is 24.3 Å². The number of hydrogen-bond donors (Lipinski definition) is 2. The molecule has 0 radical (unpaired) electrons. The van der Waals surface area contributed by atoms with Gasteiger partial charge in [-0.2, -0.15) is 0 Å². The molecule has 2 rings (SSSR count). The molecule has 0 bridgehead atoms. The number of anilines is 2.